The molecule has 0 aliphatic carbocycles. The van der Waals surface area contributed by atoms with Crippen molar-refractivity contribution in [2.24, 2.45) is 5.92 Å². The second-order valence-corrected chi connectivity index (χ2v) is 5.34. The van der Waals surface area contributed by atoms with Crippen molar-refractivity contribution in [3.63, 3.8) is 0 Å². The van der Waals surface area contributed by atoms with Crippen LogP contribution in [0.1, 0.15) is 39.2 Å². The van der Waals surface area contributed by atoms with Crippen LogP contribution in [0.2, 0.25) is 0 Å². The minimum absolute atomic E-state index is 0.555. The highest BCUT2D eigenvalue weighted by Crippen LogP contribution is 2.09. The Morgan fingerprint density at radius 2 is 2.10 bits per heavy atom. The first-order valence-corrected chi connectivity index (χ1v) is 7.58. The molecule has 20 heavy (non-hydrogen) atoms. The molecule has 0 spiro atoms. The highest BCUT2D eigenvalue weighted by Gasteiger charge is 1.99. The molecule has 0 aliphatic rings. The Hall–Kier alpha value is -1.13. The number of nitrogens with zero attached hydrogens (tertiary/aromatic N) is 1. The lowest BCUT2D eigenvalue weighted by Crippen LogP contribution is -2.19. The molecule has 1 aromatic rings. The van der Waals surface area contributed by atoms with E-state index in [1.54, 1.807) is 6.20 Å². The zero-order chi connectivity index (χ0) is 14.6. The fourth-order valence-corrected chi connectivity index (χ4v) is 1.70. The van der Waals surface area contributed by atoms with Crippen molar-refractivity contribution in [1.82, 2.24) is 10.3 Å². The highest BCUT2D eigenvalue weighted by molar-refractivity contribution is 5.20. The van der Waals surface area contributed by atoms with Gasteiger partial charge in [0.25, 0.3) is 0 Å². The third-order valence-corrected chi connectivity index (χ3v) is 2.80. The van der Waals surface area contributed by atoms with Crippen LogP contribution in [0.25, 0.3) is 0 Å². The van der Waals surface area contributed by atoms with Crippen molar-refractivity contribution >= 4 is 0 Å². The molecule has 4 heteroatoms. The van der Waals surface area contributed by atoms with E-state index in [1.165, 1.54) is 5.56 Å². The maximum atomic E-state index is 5.59. The van der Waals surface area contributed by atoms with Crippen LogP contribution in [-0.2, 0) is 11.3 Å². The molecule has 0 amide bonds. The lowest BCUT2D eigenvalue weighted by atomic mass is 10.2. The summed E-state index contributed by atoms with van der Waals surface area (Å²) in [7, 11) is 0. The van der Waals surface area contributed by atoms with Gasteiger partial charge in [0.2, 0.25) is 5.88 Å². The van der Waals surface area contributed by atoms with E-state index in [1.807, 2.05) is 12.1 Å². The summed E-state index contributed by atoms with van der Waals surface area (Å²) in [6.45, 7) is 10.4. The summed E-state index contributed by atoms with van der Waals surface area (Å²) in [6, 6.07) is 4.00. The summed E-state index contributed by atoms with van der Waals surface area (Å²) in [5.74, 6) is 1.33. The first-order valence-electron chi connectivity index (χ1n) is 7.58. The van der Waals surface area contributed by atoms with E-state index in [0.29, 0.717) is 25.0 Å². The topological polar surface area (TPSA) is 43.4 Å². The van der Waals surface area contributed by atoms with Gasteiger partial charge in [-0.1, -0.05) is 27.2 Å². The van der Waals surface area contributed by atoms with Crippen molar-refractivity contribution in [3.8, 4) is 5.88 Å². The molecule has 0 aliphatic heterocycles. The molecule has 0 bridgehead atoms. The summed E-state index contributed by atoms with van der Waals surface area (Å²) in [5, 5.41) is 3.41. The molecule has 1 aromatic heterocycles. The molecule has 4 nitrogen and oxygen atoms in total. The molecule has 114 valence electrons. The first-order chi connectivity index (χ1) is 9.72. The summed E-state index contributed by atoms with van der Waals surface area (Å²) < 4.78 is 11.0. The van der Waals surface area contributed by atoms with E-state index in [9.17, 15) is 0 Å². The Morgan fingerprint density at radius 3 is 2.85 bits per heavy atom. The third-order valence-electron chi connectivity index (χ3n) is 2.80. The minimum atomic E-state index is 0.555. The Bertz CT molecular complexity index is 356. The van der Waals surface area contributed by atoms with Gasteiger partial charge in [-0.05, 0) is 30.5 Å². The molecular weight excluding hydrogens is 252 g/mol. The van der Waals surface area contributed by atoms with Crippen LogP contribution in [-0.4, -0.2) is 31.3 Å². The molecule has 0 atom stereocenters. The zero-order valence-corrected chi connectivity index (χ0v) is 13.0. The quantitative estimate of drug-likeness (QED) is 0.633. The number of nitrogens with one attached hydrogen (secondary N) is 1. The predicted molar refractivity (Wildman–Crippen MR) is 82.0 cm³/mol. The number of aromatic nitrogens is 1. The van der Waals surface area contributed by atoms with Crippen molar-refractivity contribution in [1.29, 1.82) is 0 Å². The van der Waals surface area contributed by atoms with Gasteiger partial charge in [0.1, 0.15) is 6.61 Å². The molecule has 0 saturated carbocycles. The molecule has 1 heterocycles. The first kappa shape index (κ1) is 16.9. The normalized spacial score (nSPS) is 11.0. The number of rotatable bonds is 11. The largest absolute Gasteiger partial charge is 0.475 e. The third kappa shape index (κ3) is 8.12. The van der Waals surface area contributed by atoms with Crippen molar-refractivity contribution < 1.29 is 9.47 Å². The number of ether oxygens (including phenoxy) is 2. The van der Waals surface area contributed by atoms with Crippen LogP contribution in [0.15, 0.2) is 18.3 Å². The number of pyridine rings is 1. The SMILES string of the molecule is CCCCOCCOc1cc(CNCC(C)C)ccn1. The molecule has 0 saturated heterocycles. The Morgan fingerprint density at radius 1 is 1.25 bits per heavy atom. The average Bonchev–Trinajstić information content (AvgIpc) is 2.43. The maximum absolute atomic E-state index is 5.59. The molecule has 0 radical (unpaired) electrons. The van der Waals surface area contributed by atoms with Crippen LogP contribution in [0.3, 0.4) is 0 Å². The van der Waals surface area contributed by atoms with Gasteiger partial charge < -0.3 is 14.8 Å². The highest BCUT2D eigenvalue weighted by atomic mass is 16.5. The second-order valence-electron chi connectivity index (χ2n) is 5.34. The fourth-order valence-electron chi connectivity index (χ4n) is 1.70. The molecular formula is C16H28N2O2. The van der Waals surface area contributed by atoms with Crippen LogP contribution in [0.4, 0.5) is 0 Å². The van der Waals surface area contributed by atoms with Gasteiger partial charge >= 0.3 is 0 Å². The van der Waals surface area contributed by atoms with Gasteiger partial charge in [-0.3, -0.25) is 0 Å². The number of unbranched alkanes of at least 4 members (excludes halogenated alkanes) is 1. The minimum Gasteiger partial charge on any atom is -0.475 e. The molecule has 1 rings (SSSR count). The van der Waals surface area contributed by atoms with Gasteiger partial charge in [0, 0.05) is 25.4 Å². The van der Waals surface area contributed by atoms with Crippen molar-refractivity contribution in [2.75, 3.05) is 26.4 Å². The van der Waals surface area contributed by atoms with Gasteiger partial charge in [0.15, 0.2) is 0 Å². The van der Waals surface area contributed by atoms with E-state index in [2.05, 4.69) is 31.1 Å². The van der Waals surface area contributed by atoms with E-state index in [4.69, 9.17) is 9.47 Å². The van der Waals surface area contributed by atoms with E-state index in [-0.39, 0.29) is 0 Å². The van der Waals surface area contributed by atoms with Crippen LogP contribution >= 0.6 is 0 Å². The zero-order valence-electron chi connectivity index (χ0n) is 13.0. The number of hydrogen-bond acceptors (Lipinski definition) is 4. The summed E-state index contributed by atoms with van der Waals surface area (Å²) >= 11 is 0. The van der Waals surface area contributed by atoms with Gasteiger partial charge in [-0.2, -0.15) is 0 Å². The lowest BCUT2D eigenvalue weighted by molar-refractivity contribution is 0.0965. The van der Waals surface area contributed by atoms with Crippen molar-refractivity contribution in [3.05, 3.63) is 23.9 Å². The molecule has 0 aromatic carbocycles. The predicted octanol–water partition coefficient (Wildman–Crippen LogP) is 3.02. The summed E-state index contributed by atoms with van der Waals surface area (Å²) in [6.07, 6.45) is 4.06. The van der Waals surface area contributed by atoms with Crippen LogP contribution in [0.5, 0.6) is 5.88 Å². The molecule has 0 unspecified atom stereocenters. The van der Waals surface area contributed by atoms with E-state index in [0.717, 1.165) is 32.5 Å². The van der Waals surface area contributed by atoms with Crippen LogP contribution < -0.4 is 10.1 Å². The van der Waals surface area contributed by atoms with Crippen LogP contribution in [0, 0.1) is 5.92 Å². The fraction of sp³-hybridized carbons (Fsp3) is 0.688. The smallest absolute Gasteiger partial charge is 0.213 e. The standard InChI is InChI=1S/C16H28N2O2/c1-4-5-8-19-9-10-20-16-11-15(6-7-18-16)13-17-12-14(2)3/h6-7,11,14,17H,4-5,8-10,12-13H2,1-3H3. The Labute approximate surface area is 122 Å². The van der Waals surface area contributed by atoms with Gasteiger partial charge in [-0.25, -0.2) is 4.98 Å². The lowest BCUT2D eigenvalue weighted by Gasteiger charge is -2.09. The van der Waals surface area contributed by atoms with Gasteiger partial charge in [-0.15, -0.1) is 0 Å². The second kappa shape index (κ2) is 10.6. The maximum Gasteiger partial charge on any atom is 0.213 e. The van der Waals surface area contributed by atoms with Crippen molar-refractivity contribution in [2.45, 2.75) is 40.2 Å². The summed E-state index contributed by atoms with van der Waals surface area (Å²) in [5.41, 5.74) is 1.20. The Kier molecular flexibility index (Phi) is 9.00. The molecule has 0 fully saturated rings. The van der Waals surface area contributed by atoms with E-state index >= 15 is 0 Å². The average molecular weight is 280 g/mol. The Balaban J connectivity index is 2.22. The monoisotopic (exact) mass is 280 g/mol. The summed E-state index contributed by atoms with van der Waals surface area (Å²) in [4.78, 5) is 4.21. The van der Waals surface area contributed by atoms with E-state index < -0.39 is 0 Å². The number of hydrogen-bond donors (Lipinski definition) is 1. The van der Waals surface area contributed by atoms with Gasteiger partial charge in [0.05, 0.1) is 6.61 Å². The molecule has 1 N–H and O–H groups in total.